The molecule has 0 bridgehead atoms. The molecule has 0 atom stereocenters. The van der Waals surface area contributed by atoms with Gasteiger partial charge in [0.05, 0.1) is 18.2 Å². The second kappa shape index (κ2) is 7.87. The van der Waals surface area contributed by atoms with Gasteiger partial charge in [0.25, 0.3) is 11.8 Å². The number of carbonyl (C=O) groups excluding carboxylic acids is 2. The second-order valence-corrected chi connectivity index (χ2v) is 4.89. The predicted octanol–water partition coefficient (Wildman–Crippen LogP) is 1.27. The SMILES string of the molecule is COc1cccc(C(=O)NCCNC(=O)c2ccccc2O)c1O. The van der Waals surface area contributed by atoms with Crippen molar-refractivity contribution in [3.05, 3.63) is 53.6 Å². The summed E-state index contributed by atoms with van der Waals surface area (Å²) < 4.78 is 4.94. The molecule has 7 nitrogen and oxygen atoms in total. The number of methoxy groups -OCH3 is 1. The number of hydrogen-bond donors (Lipinski definition) is 4. The van der Waals surface area contributed by atoms with Gasteiger partial charge in [-0.05, 0) is 24.3 Å². The molecule has 2 rings (SSSR count). The lowest BCUT2D eigenvalue weighted by molar-refractivity contribution is 0.0924. The molecular formula is C17H18N2O5. The number of phenolic OH excluding ortho intramolecular Hbond substituents is 2. The van der Waals surface area contributed by atoms with E-state index < -0.39 is 11.8 Å². The summed E-state index contributed by atoms with van der Waals surface area (Å²) >= 11 is 0. The molecular weight excluding hydrogens is 312 g/mol. The fourth-order valence-corrected chi connectivity index (χ4v) is 2.08. The molecule has 7 heteroatoms. The van der Waals surface area contributed by atoms with Crippen LogP contribution in [0.3, 0.4) is 0 Å². The first-order valence-electron chi connectivity index (χ1n) is 7.25. The fourth-order valence-electron chi connectivity index (χ4n) is 2.08. The third kappa shape index (κ3) is 3.95. The van der Waals surface area contributed by atoms with Crippen LogP contribution in [0.5, 0.6) is 17.2 Å². The first-order valence-corrected chi connectivity index (χ1v) is 7.25. The molecule has 0 saturated heterocycles. The molecule has 2 aromatic carbocycles. The van der Waals surface area contributed by atoms with Crippen LogP contribution in [0.4, 0.5) is 0 Å². The van der Waals surface area contributed by atoms with Crippen LogP contribution in [0.1, 0.15) is 20.7 Å². The lowest BCUT2D eigenvalue weighted by Gasteiger charge is -2.10. The number of ether oxygens (including phenoxy) is 1. The minimum Gasteiger partial charge on any atom is -0.507 e. The van der Waals surface area contributed by atoms with E-state index in [0.717, 1.165) is 0 Å². The highest BCUT2D eigenvalue weighted by atomic mass is 16.5. The molecule has 4 N–H and O–H groups in total. The van der Waals surface area contributed by atoms with Crippen LogP contribution in [0.2, 0.25) is 0 Å². The zero-order valence-corrected chi connectivity index (χ0v) is 13.1. The van der Waals surface area contributed by atoms with Gasteiger partial charge in [-0.1, -0.05) is 18.2 Å². The normalized spacial score (nSPS) is 10.0. The van der Waals surface area contributed by atoms with Gasteiger partial charge in [0.1, 0.15) is 5.75 Å². The predicted molar refractivity (Wildman–Crippen MR) is 87.4 cm³/mol. The molecule has 24 heavy (non-hydrogen) atoms. The third-order valence-electron chi connectivity index (χ3n) is 3.31. The van der Waals surface area contributed by atoms with Crippen LogP contribution in [-0.2, 0) is 0 Å². The lowest BCUT2D eigenvalue weighted by atomic mass is 10.1. The van der Waals surface area contributed by atoms with Crippen LogP contribution < -0.4 is 15.4 Å². The molecule has 0 unspecified atom stereocenters. The van der Waals surface area contributed by atoms with Crippen molar-refractivity contribution in [1.82, 2.24) is 10.6 Å². The number of benzene rings is 2. The summed E-state index contributed by atoms with van der Waals surface area (Å²) in [6.07, 6.45) is 0. The Morgan fingerprint density at radius 1 is 0.917 bits per heavy atom. The number of hydrogen-bond acceptors (Lipinski definition) is 5. The van der Waals surface area contributed by atoms with Gasteiger partial charge in [-0.2, -0.15) is 0 Å². The first kappa shape index (κ1) is 17.1. The fraction of sp³-hybridized carbons (Fsp3) is 0.176. The molecule has 0 aliphatic carbocycles. The Bertz CT molecular complexity index is 746. The highest BCUT2D eigenvalue weighted by Crippen LogP contribution is 2.29. The van der Waals surface area contributed by atoms with Crippen LogP contribution in [0.15, 0.2) is 42.5 Å². The molecule has 0 heterocycles. The summed E-state index contributed by atoms with van der Waals surface area (Å²) in [4.78, 5) is 23.9. The van der Waals surface area contributed by atoms with E-state index in [1.165, 1.54) is 25.3 Å². The van der Waals surface area contributed by atoms with E-state index in [0.29, 0.717) is 0 Å². The summed E-state index contributed by atoms with van der Waals surface area (Å²) in [6, 6.07) is 10.8. The van der Waals surface area contributed by atoms with Crippen molar-refractivity contribution in [1.29, 1.82) is 0 Å². The number of rotatable bonds is 6. The molecule has 0 saturated carbocycles. The lowest BCUT2D eigenvalue weighted by Crippen LogP contribution is -2.34. The maximum absolute atomic E-state index is 12.0. The van der Waals surface area contributed by atoms with Crippen LogP contribution >= 0.6 is 0 Å². The maximum Gasteiger partial charge on any atom is 0.255 e. The Morgan fingerprint density at radius 3 is 2.12 bits per heavy atom. The number of aromatic hydroxyl groups is 2. The maximum atomic E-state index is 12.0. The third-order valence-corrected chi connectivity index (χ3v) is 3.31. The van der Waals surface area contributed by atoms with E-state index in [1.54, 1.807) is 24.3 Å². The van der Waals surface area contributed by atoms with E-state index in [1.807, 2.05) is 0 Å². The molecule has 0 fully saturated rings. The summed E-state index contributed by atoms with van der Waals surface area (Å²) in [5.41, 5.74) is 0.246. The van der Waals surface area contributed by atoms with Crippen molar-refractivity contribution in [3.63, 3.8) is 0 Å². The molecule has 0 aliphatic rings. The molecule has 2 amide bonds. The minimum absolute atomic E-state index is 0.0846. The zero-order valence-electron chi connectivity index (χ0n) is 13.1. The van der Waals surface area contributed by atoms with Crippen molar-refractivity contribution in [2.24, 2.45) is 0 Å². The summed E-state index contributed by atoms with van der Waals surface area (Å²) in [6.45, 7) is 0.332. The van der Waals surface area contributed by atoms with Gasteiger partial charge in [0.15, 0.2) is 11.5 Å². The molecule has 0 spiro atoms. The van der Waals surface area contributed by atoms with Gasteiger partial charge in [-0.15, -0.1) is 0 Å². The van der Waals surface area contributed by atoms with Gasteiger partial charge in [-0.25, -0.2) is 0 Å². The first-order chi connectivity index (χ1) is 11.5. The molecule has 0 radical (unpaired) electrons. The van der Waals surface area contributed by atoms with Gasteiger partial charge < -0.3 is 25.6 Å². The van der Waals surface area contributed by atoms with Crippen molar-refractivity contribution in [2.75, 3.05) is 20.2 Å². The molecule has 2 aromatic rings. The van der Waals surface area contributed by atoms with Gasteiger partial charge in [0, 0.05) is 13.1 Å². The van der Waals surface area contributed by atoms with E-state index >= 15 is 0 Å². The zero-order chi connectivity index (χ0) is 17.5. The largest absolute Gasteiger partial charge is 0.507 e. The number of para-hydroxylation sites is 2. The topological polar surface area (TPSA) is 108 Å². The number of carbonyl (C=O) groups is 2. The van der Waals surface area contributed by atoms with E-state index in [9.17, 15) is 19.8 Å². The second-order valence-electron chi connectivity index (χ2n) is 4.89. The summed E-state index contributed by atoms with van der Waals surface area (Å²) in [7, 11) is 1.39. The Labute approximate surface area is 138 Å². The summed E-state index contributed by atoms with van der Waals surface area (Å²) in [5.74, 6) is -1.07. The van der Waals surface area contributed by atoms with Crippen molar-refractivity contribution >= 4 is 11.8 Å². The average molecular weight is 330 g/mol. The van der Waals surface area contributed by atoms with E-state index in [-0.39, 0.29) is 41.5 Å². The quantitative estimate of drug-likeness (QED) is 0.597. The van der Waals surface area contributed by atoms with Crippen LogP contribution in [0, 0.1) is 0 Å². The Morgan fingerprint density at radius 2 is 1.50 bits per heavy atom. The van der Waals surface area contributed by atoms with Crippen LogP contribution in [0.25, 0.3) is 0 Å². The van der Waals surface area contributed by atoms with Crippen molar-refractivity contribution in [2.45, 2.75) is 0 Å². The van der Waals surface area contributed by atoms with Gasteiger partial charge in [0.2, 0.25) is 0 Å². The minimum atomic E-state index is -0.483. The highest BCUT2D eigenvalue weighted by molar-refractivity contribution is 5.98. The Balaban J connectivity index is 1.85. The van der Waals surface area contributed by atoms with Gasteiger partial charge >= 0.3 is 0 Å². The Hall–Kier alpha value is -3.22. The average Bonchev–Trinajstić information content (AvgIpc) is 2.59. The standard InChI is InChI=1S/C17H18N2O5/c1-24-14-8-4-6-12(15(14)21)17(23)19-10-9-18-16(22)11-5-2-3-7-13(11)20/h2-8,20-21H,9-10H2,1H3,(H,18,22)(H,19,23). The monoisotopic (exact) mass is 330 g/mol. The van der Waals surface area contributed by atoms with E-state index in [4.69, 9.17) is 4.74 Å². The van der Waals surface area contributed by atoms with Gasteiger partial charge in [-0.3, -0.25) is 9.59 Å². The van der Waals surface area contributed by atoms with Crippen LogP contribution in [-0.4, -0.2) is 42.2 Å². The van der Waals surface area contributed by atoms with Crippen molar-refractivity contribution < 1.29 is 24.5 Å². The number of nitrogens with one attached hydrogen (secondary N) is 2. The number of phenols is 2. The van der Waals surface area contributed by atoms with Crippen molar-refractivity contribution in [3.8, 4) is 17.2 Å². The molecule has 126 valence electrons. The smallest absolute Gasteiger partial charge is 0.255 e. The number of amides is 2. The molecule has 0 aromatic heterocycles. The summed E-state index contributed by atoms with van der Waals surface area (Å²) in [5, 5.41) is 24.6. The van der Waals surface area contributed by atoms with E-state index in [2.05, 4.69) is 10.6 Å². The molecule has 0 aliphatic heterocycles. The Kier molecular flexibility index (Phi) is 5.62. The highest BCUT2D eigenvalue weighted by Gasteiger charge is 2.14.